The first-order chi connectivity index (χ1) is 2.00. The van der Waals surface area contributed by atoms with Gasteiger partial charge in [0.1, 0.15) is 0 Å². The molecule has 10 heteroatoms. The maximum atomic E-state index is 8.55. The Labute approximate surface area is 112 Å². The molecule has 0 aromatic carbocycles. The number of phosphoric acid groups is 1. The molecule has 0 heterocycles. The van der Waals surface area contributed by atoms with Crippen LogP contribution in [0.5, 0.6) is 0 Å². The van der Waals surface area contributed by atoms with Crippen LogP contribution in [-0.2, 0) is 26.3 Å². The first-order valence-electron chi connectivity index (χ1n) is 0.730. The molecule has 0 aromatic heterocycles. The first kappa shape index (κ1) is 38.7. The van der Waals surface area contributed by atoms with Gasteiger partial charge >= 0.3 is 68.9 Å². The minimum absolute atomic E-state index is 0. The number of hydrogen-bond donors (Lipinski definition) is 0. The van der Waals surface area contributed by atoms with Crippen LogP contribution in [0.25, 0.3) is 0 Å². The molecule has 0 aliphatic rings. The molecule has 10 heavy (non-hydrogen) atoms. The average molecular weight is 277 g/mol. The summed E-state index contributed by atoms with van der Waals surface area (Å²) in [7, 11) is -5.39. The summed E-state index contributed by atoms with van der Waals surface area (Å²) in [6, 6.07) is 0. The molecule has 4 nitrogen and oxygen atoms in total. The molecule has 0 unspecified atom stereocenters. The predicted molar refractivity (Wildman–Crippen MR) is 24.9 cm³/mol. The fraction of sp³-hybridized carbons (Fsp3) is 0. The average Bonchev–Trinajstić information content (AvgIpc) is 0.722. The summed E-state index contributed by atoms with van der Waals surface area (Å²) in [5, 5.41) is 0. The predicted octanol–water partition coefficient (Wildman–Crippen LogP) is -6.97. The summed E-state index contributed by atoms with van der Waals surface area (Å²) in [4.78, 5) is 25.6. The maximum Gasteiger partial charge on any atom is 4.00 e. The zero-order chi connectivity index (χ0) is 4.50. The summed E-state index contributed by atoms with van der Waals surface area (Å²) in [6.07, 6.45) is 0. The monoisotopic (exact) mass is 279 g/mol. The van der Waals surface area contributed by atoms with Crippen LogP contribution in [0.4, 0.5) is 0 Å². The molecular weight excluding hydrogens is 277 g/mol. The Bertz CT molecular complexity index is 71.4. The molecule has 0 aromatic rings. The van der Waals surface area contributed by atoms with Crippen LogP contribution in [-0.4, -0.2) is 45.9 Å². The zero-order valence-corrected chi connectivity index (χ0v) is 11.9. The van der Waals surface area contributed by atoms with E-state index in [1.165, 1.54) is 0 Å². The van der Waals surface area contributed by atoms with Crippen molar-refractivity contribution in [3.8, 4) is 0 Å². The van der Waals surface area contributed by atoms with E-state index >= 15 is 0 Å². The molecule has 0 amide bonds. The van der Waals surface area contributed by atoms with Crippen LogP contribution >= 0.6 is 7.82 Å². The van der Waals surface area contributed by atoms with Crippen molar-refractivity contribution in [2.75, 3.05) is 0 Å². The fourth-order valence-electron chi connectivity index (χ4n) is 0. The largest absolute Gasteiger partial charge is 4.00 e. The van der Waals surface area contributed by atoms with Gasteiger partial charge in [0.25, 0.3) is 0 Å². The van der Waals surface area contributed by atoms with Gasteiger partial charge in [-0.3, -0.25) is 0 Å². The van der Waals surface area contributed by atoms with E-state index in [2.05, 4.69) is 0 Å². The molecular formula is AlGeLiO4PSiTi+9. The van der Waals surface area contributed by atoms with E-state index in [-0.39, 0.29) is 86.5 Å². The molecule has 0 aliphatic heterocycles. The van der Waals surface area contributed by atoms with Gasteiger partial charge in [-0.15, -0.1) is 0 Å². The van der Waals surface area contributed by atoms with Crippen molar-refractivity contribution in [2.45, 2.75) is 0 Å². The molecule has 0 rings (SSSR count). The molecule has 0 atom stereocenters. The second kappa shape index (κ2) is 17.7. The van der Waals surface area contributed by atoms with Gasteiger partial charge < -0.3 is 19.2 Å². The van der Waals surface area contributed by atoms with Gasteiger partial charge in [-0.2, -0.15) is 7.82 Å². The summed E-state index contributed by atoms with van der Waals surface area (Å²) >= 11 is 0. The number of rotatable bonds is 0. The summed E-state index contributed by atoms with van der Waals surface area (Å²) in [6.45, 7) is 0. The molecule has 0 fully saturated rings. The van der Waals surface area contributed by atoms with Crippen LogP contribution in [0.3, 0.4) is 0 Å². The maximum absolute atomic E-state index is 8.55. The minimum atomic E-state index is -5.39. The molecule has 0 spiro atoms. The second-order valence-corrected chi connectivity index (χ2v) is 1.34. The molecule has 0 saturated heterocycles. The van der Waals surface area contributed by atoms with Crippen molar-refractivity contribution in [1.82, 2.24) is 0 Å². The Morgan fingerprint density at radius 2 is 1.10 bits per heavy atom. The van der Waals surface area contributed by atoms with E-state index in [4.69, 9.17) is 19.2 Å². The fourth-order valence-corrected chi connectivity index (χ4v) is 0. The third-order valence-electron chi connectivity index (χ3n) is 0. The number of hydrogen-bond acceptors (Lipinski definition) is 4. The van der Waals surface area contributed by atoms with Gasteiger partial charge in [-0.05, 0) is 0 Å². The first-order valence-corrected chi connectivity index (χ1v) is 2.19. The molecule has 4 radical (unpaired) electrons. The van der Waals surface area contributed by atoms with Gasteiger partial charge in [-0.25, -0.2) is 0 Å². The van der Waals surface area contributed by atoms with E-state index in [1.807, 2.05) is 0 Å². The Kier molecular flexibility index (Phi) is 68.5. The van der Waals surface area contributed by atoms with Gasteiger partial charge in [0.05, 0.1) is 0 Å². The molecule has 0 aliphatic carbocycles. The molecule has 0 bridgehead atoms. The van der Waals surface area contributed by atoms with Crippen LogP contribution in [0.15, 0.2) is 0 Å². The zero-order valence-electron chi connectivity index (χ0n) is 5.16. The van der Waals surface area contributed by atoms with Crippen molar-refractivity contribution in [3.63, 3.8) is 0 Å². The van der Waals surface area contributed by atoms with Crippen molar-refractivity contribution in [2.24, 2.45) is 0 Å². The normalized spacial score (nSPS) is 5.90. The van der Waals surface area contributed by atoms with Gasteiger partial charge in [0, 0.05) is 17.6 Å². The Morgan fingerprint density at radius 3 is 1.10 bits per heavy atom. The van der Waals surface area contributed by atoms with E-state index in [0.29, 0.717) is 0 Å². The van der Waals surface area contributed by atoms with Crippen LogP contribution < -0.4 is 33.5 Å². The topological polar surface area (TPSA) is 86.2 Å². The van der Waals surface area contributed by atoms with Crippen LogP contribution in [0.2, 0.25) is 0 Å². The summed E-state index contributed by atoms with van der Waals surface area (Å²) in [5.74, 6) is 0. The standard InChI is InChI=1S/Al.Ge.Li.H3O4P.Si.Ti/c;;;1-5(2,3)4;;/h;;;(H3,1,2,3,4);;/q+3;;+1;;2*+4/p-3. The Morgan fingerprint density at radius 1 is 1.10 bits per heavy atom. The van der Waals surface area contributed by atoms with E-state index in [0.717, 1.165) is 0 Å². The van der Waals surface area contributed by atoms with E-state index in [9.17, 15) is 0 Å². The summed E-state index contributed by atoms with van der Waals surface area (Å²) in [5.41, 5.74) is 0. The second-order valence-electron chi connectivity index (χ2n) is 0.447. The van der Waals surface area contributed by atoms with E-state index in [1.54, 1.807) is 0 Å². The Hall–Kier alpha value is 2.71. The van der Waals surface area contributed by atoms with Crippen molar-refractivity contribution in [1.29, 1.82) is 0 Å². The molecule has 0 saturated carbocycles. The van der Waals surface area contributed by atoms with Crippen molar-refractivity contribution < 1.29 is 59.8 Å². The van der Waals surface area contributed by atoms with E-state index < -0.39 is 7.82 Å². The summed E-state index contributed by atoms with van der Waals surface area (Å²) < 4.78 is 8.55. The molecule has 0 N–H and O–H groups in total. The van der Waals surface area contributed by atoms with Gasteiger partial charge in [0.15, 0.2) is 0 Å². The smallest absolute Gasteiger partial charge is 0.822 e. The van der Waals surface area contributed by atoms with Gasteiger partial charge in [0.2, 0.25) is 0 Å². The van der Waals surface area contributed by atoms with Crippen LogP contribution in [0.1, 0.15) is 0 Å². The third kappa shape index (κ3) is 137. The quantitative estimate of drug-likeness (QED) is 0.325. The van der Waals surface area contributed by atoms with Crippen molar-refractivity contribution in [3.05, 3.63) is 0 Å². The Balaban J connectivity index is -0.00000000800. The SMILES string of the molecule is O=P([O-])([O-])[O-].[Al+3].[Ge].[Li+].[Si+4].[Ti+4]. The van der Waals surface area contributed by atoms with Crippen molar-refractivity contribution >= 4 is 53.7 Å². The van der Waals surface area contributed by atoms with Gasteiger partial charge in [-0.1, -0.05) is 0 Å². The molecule has 36 valence electrons. The third-order valence-corrected chi connectivity index (χ3v) is 0. The minimum Gasteiger partial charge on any atom is -0.822 e. The van der Waals surface area contributed by atoms with Crippen LogP contribution in [0, 0.1) is 0 Å².